The van der Waals surface area contributed by atoms with Gasteiger partial charge in [0.15, 0.2) is 10.8 Å². The lowest BCUT2D eigenvalue weighted by Crippen LogP contribution is -2.46. The molecule has 4 rings (SSSR count). The van der Waals surface area contributed by atoms with Crippen LogP contribution in [0.2, 0.25) is 0 Å². The van der Waals surface area contributed by atoms with Crippen LogP contribution in [-0.2, 0) is 4.74 Å². The largest absolute Gasteiger partial charge is 0.396 e. The van der Waals surface area contributed by atoms with Crippen LogP contribution in [-0.4, -0.2) is 75.4 Å². The van der Waals surface area contributed by atoms with Crippen LogP contribution in [0.15, 0.2) is 23.8 Å². The summed E-state index contributed by atoms with van der Waals surface area (Å²) in [6.45, 7) is 2.41. The fourth-order valence-corrected chi connectivity index (χ4v) is 4.26. The third-order valence-electron chi connectivity index (χ3n) is 4.77. The first kappa shape index (κ1) is 17.5. The van der Waals surface area contributed by atoms with E-state index in [4.69, 9.17) is 9.84 Å². The number of nitrogens with one attached hydrogen (secondary N) is 1. The highest BCUT2D eigenvalue weighted by molar-refractivity contribution is 7.13. The number of morpholine rings is 1. The van der Waals surface area contributed by atoms with Gasteiger partial charge in [-0.05, 0) is 18.9 Å². The van der Waals surface area contributed by atoms with Crippen molar-refractivity contribution in [2.24, 2.45) is 0 Å². The highest BCUT2D eigenvalue weighted by Gasteiger charge is 2.37. The zero-order valence-electron chi connectivity index (χ0n) is 14.2. The van der Waals surface area contributed by atoms with E-state index in [-0.39, 0.29) is 24.7 Å². The molecule has 3 atom stereocenters. The van der Waals surface area contributed by atoms with Gasteiger partial charge in [-0.3, -0.25) is 9.69 Å². The molecule has 0 aromatic carbocycles. The number of aliphatic hydroxyl groups is 1. The zero-order valence-corrected chi connectivity index (χ0v) is 15.1. The fourth-order valence-electron chi connectivity index (χ4n) is 3.52. The molecule has 8 nitrogen and oxygen atoms in total. The van der Waals surface area contributed by atoms with Crippen molar-refractivity contribution in [3.05, 3.63) is 29.5 Å². The number of aliphatic hydroxyl groups excluding tert-OH is 1. The summed E-state index contributed by atoms with van der Waals surface area (Å²) in [4.78, 5) is 27.6. The van der Waals surface area contributed by atoms with Gasteiger partial charge in [0.2, 0.25) is 0 Å². The zero-order chi connectivity index (χ0) is 17.9. The van der Waals surface area contributed by atoms with E-state index in [1.54, 1.807) is 23.8 Å². The number of fused-ring (bicyclic) bond motifs is 1. The van der Waals surface area contributed by atoms with E-state index in [1.165, 1.54) is 11.3 Å². The molecule has 0 radical (unpaired) electrons. The number of carbonyl (C=O) groups excluding carboxylic acids is 1. The summed E-state index contributed by atoms with van der Waals surface area (Å²) in [5.41, 5.74) is 0.400. The summed E-state index contributed by atoms with van der Waals surface area (Å²) in [5.74, 6) is 0.364. The average molecular weight is 375 g/mol. The van der Waals surface area contributed by atoms with Gasteiger partial charge in [-0.2, -0.15) is 0 Å². The minimum Gasteiger partial charge on any atom is -0.396 e. The number of ether oxygens (including phenoxy) is 1. The number of thiazole rings is 1. The van der Waals surface area contributed by atoms with Crippen LogP contribution in [0.1, 0.15) is 23.3 Å². The lowest BCUT2D eigenvalue weighted by Gasteiger charge is -2.34. The summed E-state index contributed by atoms with van der Waals surface area (Å²) in [6.07, 6.45) is 4.92. The average Bonchev–Trinajstić information content (AvgIpc) is 3.29. The maximum absolute atomic E-state index is 12.5. The van der Waals surface area contributed by atoms with E-state index in [0.29, 0.717) is 35.6 Å². The van der Waals surface area contributed by atoms with Crippen LogP contribution in [0.4, 0.5) is 0 Å². The molecule has 138 valence electrons. The van der Waals surface area contributed by atoms with E-state index >= 15 is 0 Å². The van der Waals surface area contributed by atoms with Gasteiger partial charge in [-0.1, -0.05) is 0 Å². The Morgan fingerprint density at radius 2 is 2.23 bits per heavy atom. The molecule has 0 bridgehead atoms. The minimum atomic E-state index is -0.166. The van der Waals surface area contributed by atoms with Gasteiger partial charge in [-0.25, -0.2) is 15.0 Å². The molecule has 2 aromatic rings. The predicted molar refractivity (Wildman–Crippen MR) is 95.8 cm³/mol. The van der Waals surface area contributed by atoms with Crippen molar-refractivity contribution in [3.63, 3.8) is 0 Å². The Labute approximate surface area is 155 Å². The van der Waals surface area contributed by atoms with Crippen molar-refractivity contribution in [2.75, 3.05) is 26.3 Å². The number of hydrogen-bond acceptors (Lipinski definition) is 8. The van der Waals surface area contributed by atoms with E-state index in [0.717, 1.165) is 19.5 Å². The Morgan fingerprint density at radius 3 is 3.04 bits per heavy atom. The van der Waals surface area contributed by atoms with Crippen molar-refractivity contribution in [1.29, 1.82) is 0 Å². The predicted octanol–water partition coefficient (Wildman–Crippen LogP) is 0.554. The third-order valence-corrected chi connectivity index (χ3v) is 5.61. The maximum Gasteiger partial charge on any atom is 0.271 e. The van der Waals surface area contributed by atoms with Crippen LogP contribution in [0, 0.1) is 0 Å². The van der Waals surface area contributed by atoms with Gasteiger partial charge in [0, 0.05) is 49.6 Å². The highest BCUT2D eigenvalue weighted by atomic mass is 32.1. The number of amides is 1. The van der Waals surface area contributed by atoms with Crippen LogP contribution in [0.25, 0.3) is 10.8 Å². The number of aromatic nitrogens is 3. The quantitative estimate of drug-likeness (QED) is 0.787. The first-order valence-electron chi connectivity index (χ1n) is 8.73. The molecular weight excluding hydrogens is 354 g/mol. The van der Waals surface area contributed by atoms with Crippen LogP contribution >= 0.6 is 11.3 Å². The molecule has 2 saturated heterocycles. The molecule has 2 fully saturated rings. The number of hydrogen-bond donors (Lipinski definition) is 2. The van der Waals surface area contributed by atoms with Crippen LogP contribution < -0.4 is 5.32 Å². The molecule has 2 aromatic heterocycles. The summed E-state index contributed by atoms with van der Waals surface area (Å²) >= 11 is 1.36. The molecule has 4 heterocycles. The number of nitrogens with zero attached hydrogens (tertiary/aromatic N) is 4. The Hall–Kier alpha value is -1.94. The topological polar surface area (TPSA) is 100 Å². The first-order chi connectivity index (χ1) is 12.7. The fraction of sp³-hybridized carbons (Fsp3) is 0.529. The molecular formula is C17H21N5O3S. The SMILES string of the molecule is O=C(N[C@H]1C[C@H]2CO[C@@H](CCO)CN2C1)c1csc(-c2ncccn2)n1. The molecule has 0 spiro atoms. The molecule has 9 heteroatoms. The van der Waals surface area contributed by atoms with E-state index in [9.17, 15) is 4.79 Å². The van der Waals surface area contributed by atoms with Gasteiger partial charge in [0.25, 0.3) is 5.91 Å². The van der Waals surface area contributed by atoms with Gasteiger partial charge in [0.1, 0.15) is 5.69 Å². The second-order valence-electron chi connectivity index (χ2n) is 6.59. The highest BCUT2D eigenvalue weighted by Crippen LogP contribution is 2.25. The molecule has 0 saturated carbocycles. The van der Waals surface area contributed by atoms with Crippen molar-refractivity contribution in [2.45, 2.75) is 31.0 Å². The van der Waals surface area contributed by atoms with Gasteiger partial charge < -0.3 is 15.2 Å². The Kier molecular flexibility index (Phi) is 5.21. The molecule has 0 aliphatic carbocycles. The second kappa shape index (κ2) is 7.75. The molecule has 2 aliphatic rings. The summed E-state index contributed by atoms with van der Waals surface area (Å²) in [7, 11) is 0. The standard InChI is InChI=1S/C17H21N5O3S/c23-5-2-13-8-22-7-11(6-12(22)9-25-13)20-16(24)14-10-26-17(21-14)15-18-3-1-4-19-15/h1,3-4,10-13,23H,2,5-9H2,(H,20,24)/t11-,12-,13-/m0/s1. The molecule has 1 amide bonds. The summed E-state index contributed by atoms with van der Waals surface area (Å²) < 4.78 is 5.78. The van der Waals surface area contributed by atoms with Crippen molar-refractivity contribution in [3.8, 4) is 10.8 Å². The summed E-state index contributed by atoms with van der Waals surface area (Å²) in [5, 5.41) is 14.5. The monoisotopic (exact) mass is 375 g/mol. The van der Waals surface area contributed by atoms with Gasteiger partial charge in [-0.15, -0.1) is 11.3 Å². The molecule has 2 aliphatic heterocycles. The number of carbonyl (C=O) groups is 1. The molecule has 0 unspecified atom stereocenters. The van der Waals surface area contributed by atoms with Crippen molar-refractivity contribution >= 4 is 17.2 Å². The Bertz CT molecular complexity index is 756. The maximum atomic E-state index is 12.5. The Morgan fingerprint density at radius 1 is 1.38 bits per heavy atom. The lowest BCUT2D eigenvalue weighted by molar-refractivity contribution is -0.0566. The lowest BCUT2D eigenvalue weighted by atomic mass is 10.1. The third kappa shape index (κ3) is 3.75. The van der Waals surface area contributed by atoms with E-state index < -0.39 is 0 Å². The Balaban J connectivity index is 1.35. The second-order valence-corrected chi connectivity index (χ2v) is 7.45. The summed E-state index contributed by atoms with van der Waals surface area (Å²) in [6, 6.07) is 2.16. The van der Waals surface area contributed by atoms with Crippen molar-refractivity contribution in [1.82, 2.24) is 25.2 Å². The van der Waals surface area contributed by atoms with Crippen molar-refractivity contribution < 1.29 is 14.6 Å². The molecule has 26 heavy (non-hydrogen) atoms. The smallest absolute Gasteiger partial charge is 0.271 e. The minimum absolute atomic E-state index is 0.0812. The van der Waals surface area contributed by atoms with Gasteiger partial charge >= 0.3 is 0 Å². The molecule has 2 N–H and O–H groups in total. The van der Waals surface area contributed by atoms with E-state index in [2.05, 4.69) is 25.2 Å². The normalized spacial score (nSPS) is 25.8. The van der Waals surface area contributed by atoms with Crippen LogP contribution in [0.3, 0.4) is 0 Å². The number of rotatable bonds is 5. The van der Waals surface area contributed by atoms with Crippen LogP contribution in [0.5, 0.6) is 0 Å². The van der Waals surface area contributed by atoms with Gasteiger partial charge in [0.05, 0.1) is 12.7 Å². The first-order valence-corrected chi connectivity index (χ1v) is 9.61. The van der Waals surface area contributed by atoms with E-state index in [1.807, 2.05) is 0 Å².